The molecule has 2 unspecified atom stereocenters. The molecule has 2 atom stereocenters. The molecule has 3 nitrogen and oxygen atoms in total. The number of rotatable bonds is 8. The van der Waals surface area contributed by atoms with Crippen LogP contribution in [0.1, 0.15) is 26.2 Å². The summed E-state index contributed by atoms with van der Waals surface area (Å²) in [6, 6.07) is 1.17. The molecule has 0 aromatic carbocycles. The van der Waals surface area contributed by atoms with Gasteiger partial charge in [-0.05, 0) is 52.7 Å². The predicted molar refractivity (Wildman–Crippen MR) is 64.2 cm³/mol. The molecule has 1 rings (SSSR count). The molecule has 1 aliphatic carbocycles. The number of ether oxygens (including phenoxy) is 1. The quantitative estimate of drug-likeness (QED) is 0.660. The maximum atomic E-state index is 5.26. The molecule has 1 fully saturated rings. The van der Waals surface area contributed by atoms with Gasteiger partial charge in [0, 0.05) is 19.2 Å². The van der Waals surface area contributed by atoms with Crippen molar-refractivity contribution < 1.29 is 4.74 Å². The second-order valence-corrected chi connectivity index (χ2v) is 5.06. The van der Waals surface area contributed by atoms with Crippen LogP contribution in [0.3, 0.4) is 0 Å². The molecule has 0 heterocycles. The summed E-state index contributed by atoms with van der Waals surface area (Å²) in [4.78, 5) is 2.24. The lowest BCUT2D eigenvalue weighted by Crippen LogP contribution is -2.42. The fourth-order valence-corrected chi connectivity index (χ4v) is 1.90. The van der Waals surface area contributed by atoms with Gasteiger partial charge >= 0.3 is 0 Å². The molecule has 0 spiro atoms. The van der Waals surface area contributed by atoms with Crippen LogP contribution in [0.25, 0.3) is 0 Å². The van der Waals surface area contributed by atoms with Gasteiger partial charge in [0.25, 0.3) is 0 Å². The number of hydrogen-bond acceptors (Lipinski definition) is 3. The Hall–Kier alpha value is -0.120. The summed E-state index contributed by atoms with van der Waals surface area (Å²) in [5.74, 6) is 0.867. The Bertz CT molecular complexity index is 169. The van der Waals surface area contributed by atoms with Crippen LogP contribution in [0.15, 0.2) is 0 Å². The molecule has 0 aliphatic heterocycles. The van der Waals surface area contributed by atoms with Crippen LogP contribution in [0.4, 0.5) is 0 Å². The second-order valence-electron chi connectivity index (χ2n) is 5.06. The molecule has 0 bridgehead atoms. The maximum Gasteiger partial charge on any atom is 0.0618 e. The minimum atomic E-state index is 0.576. The van der Waals surface area contributed by atoms with E-state index in [1.165, 1.54) is 19.3 Å². The third-order valence-corrected chi connectivity index (χ3v) is 3.05. The number of nitrogens with one attached hydrogen (secondary N) is 1. The lowest BCUT2D eigenvalue weighted by atomic mass is 10.1. The van der Waals surface area contributed by atoms with Crippen molar-refractivity contribution in [1.29, 1.82) is 0 Å². The van der Waals surface area contributed by atoms with E-state index < -0.39 is 0 Å². The van der Waals surface area contributed by atoms with Crippen molar-refractivity contribution in [1.82, 2.24) is 10.2 Å². The standard InChI is InChI=1S/C12H26N2O/c1-10(7-8-14(2)3)13-12(9-15-4)11-5-6-11/h10-13H,5-9H2,1-4H3. The number of methoxy groups -OCH3 is 1. The van der Waals surface area contributed by atoms with Gasteiger partial charge in [-0.1, -0.05) is 0 Å². The summed E-state index contributed by atoms with van der Waals surface area (Å²) < 4.78 is 5.26. The highest BCUT2D eigenvalue weighted by atomic mass is 16.5. The smallest absolute Gasteiger partial charge is 0.0618 e. The molecule has 1 aliphatic rings. The van der Waals surface area contributed by atoms with Gasteiger partial charge in [-0.3, -0.25) is 0 Å². The largest absolute Gasteiger partial charge is 0.383 e. The van der Waals surface area contributed by atoms with Crippen molar-refractivity contribution in [3.63, 3.8) is 0 Å². The Labute approximate surface area is 94.2 Å². The fraction of sp³-hybridized carbons (Fsp3) is 1.00. The second kappa shape index (κ2) is 6.46. The van der Waals surface area contributed by atoms with Crippen LogP contribution < -0.4 is 5.32 Å². The maximum absolute atomic E-state index is 5.26. The zero-order chi connectivity index (χ0) is 11.3. The van der Waals surface area contributed by atoms with E-state index in [2.05, 4.69) is 31.2 Å². The first kappa shape index (κ1) is 12.9. The van der Waals surface area contributed by atoms with Crippen LogP contribution in [-0.4, -0.2) is 51.3 Å². The van der Waals surface area contributed by atoms with Gasteiger partial charge in [0.15, 0.2) is 0 Å². The third-order valence-electron chi connectivity index (χ3n) is 3.05. The van der Waals surface area contributed by atoms with Gasteiger partial charge in [-0.25, -0.2) is 0 Å². The summed E-state index contributed by atoms with van der Waals surface area (Å²) in [6.45, 7) is 4.28. The lowest BCUT2D eigenvalue weighted by Gasteiger charge is -2.23. The number of nitrogens with zero attached hydrogens (tertiary/aromatic N) is 1. The number of hydrogen-bond donors (Lipinski definition) is 1. The minimum Gasteiger partial charge on any atom is -0.383 e. The van der Waals surface area contributed by atoms with E-state index in [0.29, 0.717) is 12.1 Å². The Morgan fingerprint density at radius 1 is 1.40 bits per heavy atom. The van der Waals surface area contributed by atoms with E-state index in [-0.39, 0.29) is 0 Å². The predicted octanol–water partition coefficient (Wildman–Crippen LogP) is 1.34. The van der Waals surface area contributed by atoms with E-state index in [4.69, 9.17) is 4.74 Å². The van der Waals surface area contributed by atoms with Gasteiger partial charge in [0.1, 0.15) is 0 Å². The summed E-state index contributed by atoms with van der Waals surface area (Å²) in [6.07, 6.45) is 3.96. The summed E-state index contributed by atoms with van der Waals surface area (Å²) in [5.41, 5.74) is 0. The molecule has 0 saturated heterocycles. The molecule has 0 amide bonds. The molecular formula is C12H26N2O. The molecule has 1 saturated carbocycles. The van der Waals surface area contributed by atoms with Crippen molar-refractivity contribution in [3.8, 4) is 0 Å². The van der Waals surface area contributed by atoms with Crippen molar-refractivity contribution in [2.24, 2.45) is 5.92 Å². The molecular weight excluding hydrogens is 188 g/mol. The van der Waals surface area contributed by atoms with Crippen LogP contribution in [0.2, 0.25) is 0 Å². The summed E-state index contributed by atoms with van der Waals surface area (Å²) in [7, 11) is 6.04. The van der Waals surface area contributed by atoms with E-state index in [9.17, 15) is 0 Å². The molecule has 3 heteroatoms. The zero-order valence-corrected chi connectivity index (χ0v) is 10.6. The molecule has 0 aromatic rings. The van der Waals surface area contributed by atoms with Crippen LogP contribution >= 0.6 is 0 Å². The van der Waals surface area contributed by atoms with Crippen molar-refractivity contribution in [2.75, 3.05) is 34.4 Å². The van der Waals surface area contributed by atoms with Crippen molar-refractivity contribution in [3.05, 3.63) is 0 Å². The monoisotopic (exact) mass is 214 g/mol. The SMILES string of the molecule is COCC(NC(C)CCN(C)C)C1CC1. The average Bonchev–Trinajstić information content (AvgIpc) is 2.97. The van der Waals surface area contributed by atoms with E-state index in [1.807, 2.05) is 0 Å². The highest BCUT2D eigenvalue weighted by Crippen LogP contribution is 2.32. The highest BCUT2D eigenvalue weighted by molar-refractivity contribution is 4.87. The minimum absolute atomic E-state index is 0.576. The Morgan fingerprint density at radius 3 is 2.53 bits per heavy atom. The molecule has 1 N–H and O–H groups in total. The topological polar surface area (TPSA) is 24.5 Å². The van der Waals surface area contributed by atoms with Gasteiger partial charge in [-0.15, -0.1) is 0 Å². The first-order chi connectivity index (χ1) is 7.13. The van der Waals surface area contributed by atoms with Crippen LogP contribution in [0.5, 0.6) is 0 Å². The van der Waals surface area contributed by atoms with E-state index in [0.717, 1.165) is 19.1 Å². The first-order valence-electron chi connectivity index (χ1n) is 6.03. The van der Waals surface area contributed by atoms with Gasteiger partial charge in [0.05, 0.1) is 6.61 Å². The molecule has 0 radical (unpaired) electrons. The summed E-state index contributed by atoms with van der Waals surface area (Å²) >= 11 is 0. The van der Waals surface area contributed by atoms with Crippen LogP contribution in [-0.2, 0) is 4.74 Å². The van der Waals surface area contributed by atoms with Crippen molar-refractivity contribution >= 4 is 0 Å². The Kier molecular flexibility index (Phi) is 5.58. The molecule has 0 aromatic heterocycles. The van der Waals surface area contributed by atoms with E-state index >= 15 is 0 Å². The lowest BCUT2D eigenvalue weighted by molar-refractivity contribution is 0.150. The third kappa shape index (κ3) is 5.50. The average molecular weight is 214 g/mol. The molecule has 15 heavy (non-hydrogen) atoms. The zero-order valence-electron chi connectivity index (χ0n) is 10.6. The highest BCUT2D eigenvalue weighted by Gasteiger charge is 2.31. The van der Waals surface area contributed by atoms with Crippen LogP contribution in [0, 0.1) is 5.92 Å². The van der Waals surface area contributed by atoms with Gasteiger partial charge in [-0.2, -0.15) is 0 Å². The Morgan fingerprint density at radius 2 is 2.07 bits per heavy atom. The summed E-state index contributed by atoms with van der Waals surface area (Å²) in [5, 5.41) is 3.68. The van der Waals surface area contributed by atoms with Gasteiger partial charge in [0.2, 0.25) is 0 Å². The fourth-order valence-electron chi connectivity index (χ4n) is 1.90. The van der Waals surface area contributed by atoms with Gasteiger partial charge < -0.3 is 15.0 Å². The Balaban J connectivity index is 2.17. The normalized spacial score (nSPS) is 20.6. The van der Waals surface area contributed by atoms with Crippen molar-refractivity contribution in [2.45, 2.75) is 38.3 Å². The molecule has 90 valence electrons. The van der Waals surface area contributed by atoms with E-state index in [1.54, 1.807) is 7.11 Å². The first-order valence-corrected chi connectivity index (χ1v) is 6.03.